The minimum atomic E-state index is 0.106. The molecule has 2 aromatic carbocycles. The highest BCUT2D eigenvalue weighted by atomic mass is 32.1. The van der Waals surface area contributed by atoms with E-state index in [1.54, 1.807) is 18.4 Å². The van der Waals surface area contributed by atoms with E-state index in [0.29, 0.717) is 0 Å². The molecule has 3 heteroatoms. The normalized spacial score (nSPS) is 13.7. The Balaban J connectivity index is 0.000000172. The molecule has 0 saturated carbocycles. The van der Waals surface area contributed by atoms with E-state index in [9.17, 15) is 0 Å². The fourth-order valence-corrected chi connectivity index (χ4v) is 4.50. The Morgan fingerprint density at radius 2 is 1.57 bits per heavy atom. The molecule has 0 N–H and O–H groups in total. The number of ether oxygens (including phenoxy) is 1. The summed E-state index contributed by atoms with van der Waals surface area (Å²) in [5, 5.41) is 4.62. The lowest BCUT2D eigenvalue weighted by molar-refractivity contribution is 0.297. The van der Waals surface area contributed by atoms with Crippen LogP contribution in [0.15, 0.2) is 60.6 Å². The van der Waals surface area contributed by atoms with Crippen LogP contribution >= 0.6 is 11.3 Å². The molecule has 3 aromatic rings. The second kappa shape index (κ2) is 8.31. The van der Waals surface area contributed by atoms with Gasteiger partial charge < -0.3 is 9.64 Å². The molecule has 0 amide bonds. The smallest absolute Gasteiger partial charge is 0.123 e. The van der Waals surface area contributed by atoms with Crippen LogP contribution in [0.3, 0.4) is 0 Å². The summed E-state index contributed by atoms with van der Waals surface area (Å²) in [6, 6.07) is 14.9. The van der Waals surface area contributed by atoms with E-state index in [4.69, 9.17) is 4.74 Å². The molecule has 0 spiro atoms. The van der Waals surface area contributed by atoms with E-state index >= 15 is 0 Å². The first kappa shape index (κ1) is 22.2. The Kier molecular flexibility index (Phi) is 6.14. The van der Waals surface area contributed by atoms with Crippen LogP contribution in [0.4, 0.5) is 0 Å². The SMILES string of the molecule is C=C1c2sccc2C=CN1C(C)(C)C.COc1cc2ccccc2cc1C(C)(C)C. The number of benzene rings is 2. The molecule has 0 atom stereocenters. The zero-order valence-corrected chi connectivity index (χ0v) is 20.1. The number of nitrogens with zero attached hydrogens (tertiary/aromatic N) is 1. The fraction of sp³-hybridized carbons (Fsp3) is 0.333. The summed E-state index contributed by atoms with van der Waals surface area (Å²) in [5.41, 5.74) is 3.88. The average molecular weight is 420 g/mol. The number of fused-ring (bicyclic) bond motifs is 2. The van der Waals surface area contributed by atoms with Crippen LogP contribution in [0, 0.1) is 0 Å². The van der Waals surface area contributed by atoms with Crippen molar-refractivity contribution in [1.82, 2.24) is 4.90 Å². The quantitative estimate of drug-likeness (QED) is 0.397. The lowest BCUT2D eigenvalue weighted by Crippen LogP contribution is -2.36. The van der Waals surface area contributed by atoms with Crippen LogP contribution in [0.5, 0.6) is 5.75 Å². The van der Waals surface area contributed by atoms with Gasteiger partial charge in [0.25, 0.3) is 0 Å². The van der Waals surface area contributed by atoms with Gasteiger partial charge in [0, 0.05) is 17.3 Å². The Bertz CT molecular complexity index is 1080. The molecule has 0 bridgehead atoms. The molecule has 2 nitrogen and oxygen atoms in total. The van der Waals surface area contributed by atoms with Gasteiger partial charge in [0.2, 0.25) is 0 Å². The molecule has 0 saturated heterocycles. The minimum absolute atomic E-state index is 0.106. The van der Waals surface area contributed by atoms with Gasteiger partial charge in [-0.1, -0.05) is 51.6 Å². The van der Waals surface area contributed by atoms with Gasteiger partial charge in [-0.05, 0) is 72.2 Å². The van der Waals surface area contributed by atoms with Crippen molar-refractivity contribution in [3.05, 3.63) is 76.6 Å². The lowest BCUT2D eigenvalue weighted by atomic mass is 9.85. The summed E-state index contributed by atoms with van der Waals surface area (Å²) < 4.78 is 5.48. The molecule has 0 radical (unpaired) electrons. The molecule has 2 heterocycles. The maximum absolute atomic E-state index is 5.48. The van der Waals surface area contributed by atoms with Crippen LogP contribution < -0.4 is 4.74 Å². The van der Waals surface area contributed by atoms with E-state index in [1.165, 1.54) is 26.8 Å². The number of hydrogen-bond acceptors (Lipinski definition) is 3. The van der Waals surface area contributed by atoms with Crippen molar-refractivity contribution < 1.29 is 4.74 Å². The number of methoxy groups -OCH3 is 1. The largest absolute Gasteiger partial charge is 0.496 e. The maximum atomic E-state index is 5.48. The highest BCUT2D eigenvalue weighted by molar-refractivity contribution is 7.11. The third-order valence-corrected chi connectivity index (χ3v) is 6.23. The Morgan fingerprint density at radius 1 is 0.933 bits per heavy atom. The fourth-order valence-electron chi connectivity index (χ4n) is 3.64. The van der Waals surface area contributed by atoms with Crippen LogP contribution in [-0.2, 0) is 5.41 Å². The summed E-state index contributed by atoms with van der Waals surface area (Å²) in [4.78, 5) is 3.52. The molecule has 0 fully saturated rings. The van der Waals surface area contributed by atoms with Crippen LogP contribution in [0.1, 0.15) is 57.5 Å². The van der Waals surface area contributed by atoms with Gasteiger partial charge in [0.05, 0.1) is 17.7 Å². The van der Waals surface area contributed by atoms with E-state index in [0.717, 1.165) is 11.4 Å². The van der Waals surface area contributed by atoms with Gasteiger partial charge in [-0.3, -0.25) is 0 Å². The maximum Gasteiger partial charge on any atom is 0.123 e. The number of thiophene rings is 1. The van der Waals surface area contributed by atoms with Crippen molar-refractivity contribution in [1.29, 1.82) is 0 Å². The van der Waals surface area contributed by atoms with Crippen molar-refractivity contribution in [2.75, 3.05) is 7.11 Å². The Hall–Kier alpha value is -2.52. The summed E-state index contributed by atoms with van der Waals surface area (Å²) >= 11 is 1.76. The van der Waals surface area contributed by atoms with Crippen molar-refractivity contribution in [2.24, 2.45) is 0 Å². The highest BCUT2D eigenvalue weighted by Crippen LogP contribution is 2.36. The van der Waals surface area contributed by atoms with Crippen molar-refractivity contribution in [3.63, 3.8) is 0 Å². The van der Waals surface area contributed by atoms with Gasteiger partial charge in [-0.2, -0.15) is 0 Å². The summed E-state index contributed by atoms with van der Waals surface area (Å²) in [6.45, 7) is 17.4. The molecule has 1 aliphatic rings. The highest BCUT2D eigenvalue weighted by Gasteiger charge is 2.25. The van der Waals surface area contributed by atoms with E-state index in [2.05, 4.69) is 113 Å². The molecule has 1 aromatic heterocycles. The zero-order valence-electron chi connectivity index (χ0n) is 19.2. The molecule has 0 unspecified atom stereocenters. The predicted molar refractivity (Wildman–Crippen MR) is 133 cm³/mol. The third-order valence-electron chi connectivity index (χ3n) is 5.25. The first-order chi connectivity index (χ1) is 14.0. The molecule has 1 aliphatic heterocycles. The first-order valence-corrected chi connectivity index (χ1v) is 11.2. The first-order valence-electron chi connectivity index (χ1n) is 10.3. The van der Waals surface area contributed by atoms with E-state index in [-0.39, 0.29) is 11.0 Å². The lowest BCUT2D eigenvalue weighted by Gasteiger charge is -2.37. The summed E-state index contributed by atoms with van der Waals surface area (Å²) in [6.07, 6.45) is 4.28. The van der Waals surface area contributed by atoms with Crippen LogP contribution in [-0.4, -0.2) is 17.5 Å². The third kappa shape index (κ3) is 4.62. The Labute approximate surface area is 185 Å². The van der Waals surface area contributed by atoms with Gasteiger partial charge in [0.15, 0.2) is 0 Å². The monoisotopic (exact) mass is 419 g/mol. The molecule has 158 valence electrons. The number of rotatable bonds is 1. The number of hydrogen-bond donors (Lipinski definition) is 0. The Morgan fingerprint density at radius 3 is 2.13 bits per heavy atom. The van der Waals surface area contributed by atoms with Gasteiger partial charge in [-0.15, -0.1) is 11.3 Å². The summed E-state index contributed by atoms with van der Waals surface area (Å²) in [5.74, 6) is 0.978. The zero-order chi connectivity index (χ0) is 22.1. The van der Waals surface area contributed by atoms with Crippen molar-refractivity contribution >= 4 is 33.9 Å². The van der Waals surface area contributed by atoms with Crippen LogP contribution in [0.2, 0.25) is 0 Å². The molecule has 4 rings (SSSR count). The van der Waals surface area contributed by atoms with Crippen LogP contribution in [0.25, 0.3) is 22.5 Å². The van der Waals surface area contributed by atoms with Crippen molar-refractivity contribution in [2.45, 2.75) is 52.5 Å². The van der Waals surface area contributed by atoms with E-state index in [1.807, 2.05) is 0 Å². The molecular weight excluding hydrogens is 386 g/mol. The minimum Gasteiger partial charge on any atom is -0.496 e. The predicted octanol–water partition coefficient (Wildman–Crippen LogP) is 7.95. The van der Waals surface area contributed by atoms with Gasteiger partial charge in [-0.25, -0.2) is 0 Å². The molecular formula is C27H33NOS. The van der Waals surface area contributed by atoms with Gasteiger partial charge in [0.1, 0.15) is 5.75 Å². The second-order valence-corrected chi connectivity index (χ2v) is 10.6. The van der Waals surface area contributed by atoms with Gasteiger partial charge >= 0.3 is 0 Å². The topological polar surface area (TPSA) is 12.5 Å². The van der Waals surface area contributed by atoms with Crippen molar-refractivity contribution in [3.8, 4) is 5.75 Å². The second-order valence-electron chi connectivity index (χ2n) is 9.66. The standard InChI is InChI=1S/C15H18O.C12H15NS/c1-15(2,3)13-9-11-7-5-6-8-12(11)10-14(13)16-4;1-9-11-10(6-8-14-11)5-7-13(9)12(2,3)4/h5-10H,1-4H3;5-8H,1H2,2-4H3. The molecule has 30 heavy (non-hydrogen) atoms. The average Bonchev–Trinajstić information content (AvgIpc) is 3.16. The summed E-state index contributed by atoms with van der Waals surface area (Å²) in [7, 11) is 1.74. The molecule has 0 aliphatic carbocycles. The van der Waals surface area contributed by atoms with E-state index < -0.39 is 0 Å².